The van der Waals surface area contributed by atoms with E-state index in [1.165, 1.54) is 0 Å². The highest BCUT2D eigenvalue weighted by Gasteiger charge is 2.52. The number of nitrogens with one attached hydrogen (secondary N) is 1. The van der Waals surface area contributed by atoms with E-state index in [1.807, 2.05) is 13.0 Å². The Morgan fingerprint density at radius 2 is 2.07 bits per heavy atom. The van der Waals surface area contributed by atoms with Gasteiger partial charge in [-0.25, -0.2) is 0 Å². The van der Waals surface area contributed by atoms with Crippen molar-refractivity contribution >= 4 is 17.5 Å². The van der Waals surface area contributed by atoms with E-state index in [4.69, 9.17) is 9.15 Å². The molecular weight excluding hydrogens is 358 g/mol. The van der Waals surface area contributed by atoms with Gasteiger partial charge >= 0.3 is 0 Å². The van der Waals surface area contributed by atoms with E-state index in [-0.39, 0.29) is 23.1 Å². The molecular formula is C21H25N3O4. The van der Waals surface area contributed by atoms with Gasteiger partial charge in [0.1, 0.15) is 11.5 Å². The van der Waals surface area contributed by atoms with Crippen molar-refractivity contribution in [2.45, 2.75) is 26.7 Å². The van der Waals surface area contributed by atoms with Crippen LogP contribution < -0.4 is 5.32 Å². The molecule has 2 saturated heterocycles. The maximum atomic E-state index is 13.1. The number of carbonyl (C=O) groups is 2. The first-order chi connectivity index (χ1) is 13.5. The summed E-state index contributed by atoms with van der Waals surface area (Å²) in [5, 5.41) is 2.97. The van der Waals surface area contributed by atoms with Gasteiger partial charge in [0.05, 0.1) is 23.4 Å². The largest absolute Gasteiger partial charge is 0.466 e. The summed E-state index contributed by atoms with van der Waals surface area (Å²) < 4.78 is 11.1. The fourth-order valence-electron chi connectivity index (χ4n) is 4.45. The number of furan rings is 1. The number of hydrogen-bond acceptors (Lipinski definition) is 5. The number of aromatic nitrogens is 1. The molecule has 2 aliphatic rings. The lowest BCUT2D eigenvalue weighted by Crippen LogP contribution is -2.42. The van der Waals surface area contributed by atoms with Crippen molar-refractivity contribution in [2.75, 3.05) is 31.6 Å². The molecule has 4 heterocycles. The first-order valence-electron chi connectivity index (χ1n) is 9.63. The SMILES string of the molecule is Cc1cc(C(=O)N2CC(C(=O)Nc3cccnc3)C3(CCOCC3)C2)c(C)o1. The van der Waals surface area contributed by atoms with Crippen molar-refractivity contribution in [3.05, 3.63) is 47.7 Å². The van der Waals surface area contributed by atoms with Crippen LogP contribution in [-0.2, 0) is 9.53 Å². The number of amides is 2. The zero-order valence-corrected chi connectivity index (χ0v) is 16.2. The van der Waals surface area contributed by atoms with E-state index in [0.29, 0.717) is 49.1 Å². The molecule has 2 aliphatic heterocycles. The minimum absolute atomic E-state index is 0.0645. The zero-order chi connectivity index (χ0) is 19.7. The molecule has 1 atom stereocenters. The second kappa shape index (κ2) is 7.39. The summed E-state index contributed by atoms with van der Waals surface area (Å²) in [6, 6.07) is 5.38. The predicted octanol–water partition coefficient (Wildman–Crippen LogP) is 2.80. The zero-order valence-electron chi connectivity index (χ0n) is 16.2. The summed E-state index contributed by atoms with van der Waals surface area (Å²) in [5.41, 5.74) is 0.987. The molecule has 2 aromatic rings. The molecule has 1 spiro atoms. The second-order valence-electron chi connectivity index (χ2n) is 7.77. The van der Waals surface area contributed by atoms with E-state index in [0.717, 1.165) is 12.8 Å². The third kappa shape index (κ3) is 3.42. The molecule has 7 heteroatoms. The third-order valence-electron chi connectivity index (χ3n) is 5.94. The Labute approximate surface area is 164 Å². The smallest absolute Gasteiger partial charge is 0.257 e. The quantitative estimate of drug-likeness (QED) is 0.881. The number of likely N-dealkylation sites (tertiary alicyclic amines) is 1. The molecule has 0 aromatic carbocycles. The maximum Gasteiger partial charge on any atom is 0.257 e. The minimum atomic E-state index is -0.283. The van der Waals surface area contributed by atoms with Crippen LogP contribution in [0, 0.1) is 25.2 Å². The molecule has 0 saturated carbocycles. The Hall–Kier alpha value is -2.67. The van der Waals surface area contributed by atoms with Gasteiger partial charge < -0.3 is 19.4 Å². The van der Waals surface area contributed by atoms with Crippen molar-refractivity contribution in [2.24, 2.45) is 11.3 Å². The summed E-state index contributed by atoms with van der Waals surface area (Å²) in [6.45, 7) is 5.81. The van der Waals surface area contributed by atoms with Gasteiger partial charge in [-0.15, -0.1) is 0 Å². The lowest BCUT2D eigenvalue weighted by molar-refractivity contribution is -0.124. The minimum Gasteiger partial charge on any atom is -0.466 e. The van der Waals surface area contributed by atoms with Crippen LogP contribution in [0.15, 0.2) is 35.0 Å². The van der Waals surface area contributed by atoms with Gasteiger partial charge in [0, 0.05) is 37.9 Å². The Morgan fingerprint density at radius 3 is 2.71 bits per heavy atom. The van der Waals surface area contributed by atoms with E-state index >= 15 is 0 Å². The average Bonchev–Trinajstić information content (AvgIpc) is 3.22. The van der Waals surface area contributed by atoms with Crippen LogP contribution in [0.3, 0.4) is 0 Å². The number of hydrogen-bond donors (Lipinski definition) is 1. The lowest BCUT2D eigenvalue weighted by atomic mass is 9.71. The number of rotatable bonds is 3. The molecule has 1 unspecified atom stereocenters. The Balaban J connectivity index is 1.58. The fraction of sp³-hybridized carbons (Fsp3) is 0.476. The number of pyridine rings is 1. The molecule has 0 aliphatic carbocycles. The second-order valence-corrected chi connectivity index (χ2v) is 7.77. The standard InChI is InChI=1S/C21H25N3O4/c1-14-10-17(15(2)28-14)20(26)24-12-18(21(13-24)5-8-27-9-6-21)19(25)23-16-4-3-7-22-11-16/h3-4,7,10-11,18H,5-6,8-9,12-13H2,1-2H3,(H,23,25). The maximum absolute atomic E-state index is 13.1. The predicted molar refractivity (Wildman–Crippen MR) is 103 cm³/mol. The van der Waals surface area contributed by atoms with Gasteiger partial charge in [0.2, 0.25) is 5.91 Å². The molecule has 1 N–H and O–H groups in total. The Morgan fingerprint density at radius 1 is 1.29 bits per heavy atom. The van der Waals surface area contributed by atoms with Gasteiger partial charge in [-0.1, -0.05) is 0 Å². The number of anilines is 1. The number of carbonyl (C=O) groups excluding carboxylic acids is 2. The topological polar surface area (TPSA) is 84.7 Å². The molecule has 0 bridgehead atoms. The summed E-state index contributed by atoms with van der Waals surface area (Å²) in [5.74, 6) is 0.912. The van der Waals surface area contributed by atoms with Crippen molar-refractivity contribution in [3.63, 3.8) is 0 Å². The van der Waals surface area contributed by atoms with Crippen LogP contribution in [0.1, 0.15) is 34.7 Å². The van der Waals surface area contributed by atoms with E-state index in [1.54, 1.807) is 36.4 Å². The number of nitrogens with zero attached hydrogens (tertiary/aromatic N) is 2. The average molecular weight is 383 g/mol. The van der Waals surface area contributed by atoms with Gasteiger partial charge in [-0.05, 0) is 44.9 Å². The summed E-state index contributed by atoms with van der Waals surface area (Å²) in [6.07, 6.45) is 4.83. The Bertz CT molecular complexity index is 871. The van der Waals surface area contributed by atoms with Gasteiger partial charge in [0.15, 0.2) is 0 Å². The number of ether oxygens (including phenoxy) is 1. The highest BCUT2D eigenvalue weighted by Crippen LogP contribution is 2.45. The molecule has 0 radical (unpaired) electrons. The van der Waals surface area contributed by atoms with Gasteiger partial charge in [-0.3, -0.25) is 14.6 Å². The molecule has 148 valence electrons. The summed E-state index contributed by atoms with van der Waals surface area (Å²) in [7, 11) is 0. The normalized spacial score (nSPS) is 21.1. The molecule has 28 heavy (non-hydrogen) atoms. The molecule has 7 nitrogen and oxygen atoms in total. The van der Waals surface area contributed by atoms with Crippen LogP contribution in [0.4, 0.5) is 5.69 Å². The van der Waals surface area contributed by atoms with E-state index in [9.17, 15) is 9.59 Å². The van der Waals surface area contributed by atoms with Crippen LogP contribution in [-0.4, -0.2) is 48.0 Å². The van der Waals surface area contributed by atoms with Gasteiger partial charge in [-0.2, -0.15) is 0 Å². The van der Waals surface area contributed by atoms with Crippen molar-refractivity contribution in [3.8, 4) is 0 Å². The Kier molecular flexibility index (Phi) is 4.93. The van der Waals surface area contributed by atoms with Gasteiger partial charge in [0.25, 0.3) is 5.91 Å². The fourth-order valence-corrected chi connectivity index (χ4v) is 4.45. The molecule has 2 fully saturated rings. The van der Waals surface area contributed by atoms with Crippen LogP contribution >= 0.6 is 0 Å². The van der Waals surface area contributed by atoms with E-state index < -0.39 is 0 Å². The van der Waals surface area contributed by atoms with Crippen LogP contribution in [0.2, 0.25) is 0 Å². The monoisotopic (exact) mass is 383 g/mol. The lowest BCUT2D eigenvalue weighted by Gasteiger charge is -2.37. The molecule has 2 aromatic heterocycles. The highest BCUT2D eigenvalue weighted by atomic mass is 16.5. The van der Waals surface area contributed by atoms with E-state index in [2.05, 4.69) is 10.3 Å². The summed E-state index contributed by atoms with van der Waals surface area (Å²) >= 11 is 0. The third-order valence-corrected chi connectivity index (χ3v) is 5.94. The first-order valence-corrected chi connectivity index (χ1v) is 9.63. The van der Waals surface area contributed by atoms with Crippen molar-refractivity contribution in [1.29, 1.82) is 0 Å². The highest BCUT2D eigenvalue weighted by molar-refractivity contribution is 5.98. The number of aryl methyl sites for hydroxylation is 2. The van der Waals surface area contributed by atoms with Crippen LogP contribution in [0.5, 0.6) is 0 Å². The van der Waals surface area contributed by atoms with Crippen molar-refractivity contribution in [1.82, 2.24) is 9.88 Å². The summed E-state index contributed by atoms with van der Waals surface area (Å²) in [4.78, 5) is 32.1. The molecule has 4 rings (SSSR count). The molecule has 2 amide bonds. The van der Waals surface area contributed by atoms with Crippen molar-refractivity contribution < 1.29 is 18.7 Å². The van der Waals surface area contributed by atoms with Crippen LogP contribution in [0.25, 0.3) is 0 Å². The first kappa shape index (κ1) is 18.7.